The number of aryl methyl sites for hydroxylation is 1. The molecular weight excluding hydrogens is 236 g/mol. The number of carbonyl (C=O) groups excluding carboxylic acids is 1. The van der Waals surface area contributed by atoms with E-state index in [1.54, 1.807) is 27.0 Å². The Morgan fingerprint density at radius 1 is 1.50 bits per heavy atom. The van der Waals surface area contributed by atoms with Crippen LogP contribution < -0.4 is 5.32 Å². The molecule has 0 saturated heterocycles. The molecule has 2 atom stereocenters. The Morgan fingerprint density at radius 2 is 2.17 bits per heavy atom. The van der Waals surface area contributed by atoms with Crippen LogP contribution >= 0.6 is 0 Å². The molecule has 0 aromatic carbocycles. The van der Waals surface area contributed by atoms with Gasteiger partial charge in [-0.1, -0.05) is 13.8 Å². The lowest BCUT2D eigenvalue weighted by atomic mass is 10.1. The molecule has 6 heteroatoms. The molecule has 1 aromatic rings. The first kappa shape index (κ1) is 12.6. The predicted molar refractivity (Wildman–Crippen MR) is 61.5 cm³/mol. The van der Waals surface area contributed by atoms with Crippen LogP contribution in [0.15, 0.2) is 10.6 Å². The van der Waals surface area contributed by atoms with Crippen molar-refractivity contribution in [2.75, 3.05) is 0 Å². The van der Waals surface area contributed by atoms with Gasteiger partial charge in [0.15, 0.2) is 0 Å². The molecule has 1 amide bonds. The van der Waals surface area contributed by atoms with E-state index in [0.717, 1.165) is 0 Å². The number of oxazole rings is 1. The van der Waals surface area contributed by atoms with Crippen LogP contribution in [0.4, 0.5) is 0 Å². The Labute approximate surface area is 104 Å². The Morgan fingerprint density at radius 3 is 2.61 bits per heavy atom. The number of hydrogen-bond donors (Lipinski definition) is 2. The number of amides is 1. The average molecular weight is 252 g/mol. The number of aliphatic carboxylic acids is 1. The first-order chi connectivity index (χ1) is 8.34. The summed E-state index contributed by atoms with van der Waals surface area (Å²) in [4.78, 5) is 26.8. The normalized spacial score (nSPS) is 24.6. The number of aromatic nitrogens is 1. The van der Waals surface area contributed by atoms with E-state index in [9.17, 15) is 9.59 Å². The molecule has 0 spiro atoms. The molecule has 1 aromatic heterocycles. The van der Waals surface area contributed by atoms with Gasteiger partial charge in [-0.2, -0.15) is 0 Å². The first-order valence-corrected chi connectivity index (χ1v) is 5.76. The number of rotatable bonds is 4. The van der Waals surface area contributed by atoms with Gasteiger partial charge in [0.2, 0.25) is 11.8 Å². The highest BCUT2D eigenvalue weighted by molar-refractivity contribution is 5.91. The van der Waals surface area contributed by atoms with Crippen molar-refractivity contribution in [2.45, 2.75) is 27.3 Å². The lowest BCUT2D eigenvalue weighted by molar-refractivity contribution is -0.140. The summed E-state index contributed by atoms with van der Waals surface area (Å²) < 4.78 is 5.22. The van der Waals surface area contributed by atoms with E-state index in [4.69, 9.17) is 9.52 Å². The number of nitrogens with one attached hydrogen (secondary N) is 1. The summed E-state index contributed by atoms with van der Waals surface area (Å²) in [6.45, 7) is 5.52. The summed E-state index contributed by atoms with van der Waals surface area (Å²) in [5, 5.41) is 11.6. The van der Waals surface area contributed by atoms with Gasteiger partial charge in [0.25, 0.3) is 0 Å². The first-order valence-electron chi connectivity index (χ1n) is 5.76. The molecule has 0 aliphatic heterocycles. The molecule has 0 bridgehead atoms. The maximum absolute atomic E-state index is 11.9. The van der Waals surface area contributed by atoms with E-state index in [1.165, 1.54) is 0 Å². The van der Waals surface area contributed by atoms with Gasteiger partial charge in [0, 0.05) is 0 Å². The van der Waals surface area contributed by atoms with Gasteiger partial charge in [-0.15, -0.1) is 0 Å². The van der Waals surface area contributed by atoms with Gasteiger partial charge >= 0.3 is 5.97 Å². The second kappa shape index (κ2) is 4.12. The zero-order valence-electron chi connectivity index (χ0n) is 10.6. The van der Waals surface area contributed by atoms with Crippen molar-refractivity contribution < 1.29 is 19.1 Å². The third-order valence-corrected chi connectivity index (χ3v) is 3.46. The zero-order chi connectivity index (χ0) is 13.5. The topological polar surface area (TPSA) is 92.4 Å². The molecule has 2 N–H and O–H groups in total. The smallest absolute Gasteiger partial charge is 0.307 e. The van der Waals surface area contributed by atoms with Crippen molar-refractivity contribution in [3.8, 4) is 0 Å². The molecule has 1 saturated carbocycles. The SMILES string of the molecule is Cc1cnc(CNC(=O)[C@H]2[C@@H](C(=O)O)C2(C)C)o1. The van der Waals surface area contributed by atoms with Crippen molar-refractivity contribution in [3.05, 3.63) is 17.8 Å². The maximum Gasteiger partial charge on any atom is 0.307 e. The Balaban J connectivity index is 1.92. The summed E-state index contributed by atoms with van der Waals surface area (Å²) in [5.74, 6) is -1.18. The summed E-state index contributed by atoms with van der Waals surface area (Å²) in [6, 6.07) is 0. The third-order valence-electron chi connectivity index (χ3n) is 3.46. The van der Waals surface area contributed by atoms with Crippen LogP contribution in [-0.2, 0) is 16.1 Å². The highest BCUT2D eigenvalue weighted by Crippen LogP contribution is 2.58. The van der Waals surface area contributed by atoms with Crippen LogP contribution in [0.5, 0.6) is 0 Å². The van der Waals surface area contributed by atoms with E-state index in [2.05, 4.69) is 10.3 Å². The van der Waals surface area contributed by atoms with Gasteiger partial charge < -0.3 is 14.8 Å². The molecule has 2 rings (SSSR count). The third kappa shape index (κ3) is 2.10. The largest absolute Gasteiger partial charge is 0.481 e. The van der Waals surface area contributed by atoms with Crippen molar-refractivity contribution in [2.24, 2.45) is 17.3 Å². The van der Waals surface area contributed by atoms with E-state index >= 15 is 0 Å². The quantitative estimate of drug-likeness (QED) is 0.832. The monoisotopic (exact) mass is 252 g/mol. The van der Waals surface area contributed by atoms with E-state index in [-0.39, 0.29) is 12.5 Å². The van der Waals surface area contributed by atoms with Gasteiger partial charge in [-0.3, -0.25) is 9.59 Å². The lowest BCUT2D eigenvalue weighted by Crippen LogP contribution is -2.26. The number of hydrogen-bond acceptors (Lipinski definition) is 4. The van der Waals surface area contributed by atoms with E-state index in [0.29, 0.717) is 11.7 Å². The van der Waals surface area contributed by atoms with Gasteiger partial charge in [0.1, 0.15) is 5.76 Å². The van der Waals surface area contributed by atoms with Crippen LogP contribution in [0, 0.1) is 24.2 Å². The van der Waals surface area contributed by atoms with Crippen molar-refractivity contribution in [3.63, 3.8) is 0 Å². The number of nitrogens with zero attached hydrogens (tertiary/aromatic N) is 1. The van der Waals surface area contributed by atoms with Crippen molar-refractivity contribution in [1.29, 1.82) is 0 Å². The summed E-state index contributed by atoms with van der Waals surface area (Å²) in [5.41, 5.74) is -0.484. The van der Waals surface area contributed by atoms with Crippen LogP contribution in [-0.4, -0.2) is 22.0 Å². The molecule has 1 fully saturated rings. The Kier molecular flexibility index (Phi) is 2.88. The van der Waals surface area contributed by atoms with Gasteiger partial charge in [0.05, 0.1) is 24.6 Å². The zero-order valence-corrected chi connectivity index (χ0v) is 10.6. The van der Waals surface area contributed by atoms with Crippen LogP contribution in [0.1, 0.15) is 25.5 Å². The number of carboxylic acid groups (broad SMARTS) is 1. The fraction of sp³-hybridized carbons (Fsp3) is 0.583. The summed E-state index contributed by atoms with van der Waals surface area (Å²) in [7, 11) is 0. The van der Waals surface area contributed by atoms with Crippen molar-refractivity contribution >= 4 is 11.9 Å². The standard InChI is InChI=1S/C12H16N2O4/c1-6-4-13-7(18-6)5-14-10(15)8-9(11(16)17)12(8,2)3/h4,8-9H,5H2,1-3H3,(H,14,15)(H,16,17)/t8-,9+/m1/s1. The molecule has 6 nitrogen and oxygen atoms in total. The summed E-state index contributed by atoms with van der Waals surface area (Å²) >= 11 is 0. The van der Waals surface area contributed by atoms with Crippen molar-refractivity contribution in [1.82, 2.24) is 10.3 Å². The Hall–Kier alpha value is -1.85. The second-order valence-electron chi connectivity index (χ2n) is 5.20. The fourth-order valence-electron chi connectivity index (χ4n) is 2.34. The average Bonchev–Trinajstić information content (AvgIpc) is 2.63. The van der Waals surface area contributed by atoms with Crippen LogP contribution in [0.2, 0.25) is 0 Å². The summed E-state index contributed by atoms with van der Waals surface area (Å²) in [6.07, 6.45) is 1.57. The molecule has 0 unspecified atom stereocenters. The molecule has 1 aliphatic rings. The van der Waals surface area contributed by atoms with Gasteiger partial charge in [-0.25, -0.2) is 4.98 Å². The minimum absolute atomic E-state index is 0.186. The maximum atomic E-state index is 11.9. The van der Waals surface area contributed by atoms with Crippen LogP contribution in [0.25, 0.3) is 0 Å². The minimum atomic E-state index is -0.924. The molecule has 18 heavy (non-hydrogen) atoms. The Bertz CT molecular complexity index is 492. The predicted octanol–water partition coefficient (Wildman–Crippen LogP) is 0.956. The molecular formula is C12H16N2O4. The number of carbonyl (C=O) groups is 2. The minimum Gasteiger partial charge on any atom is -0.481 e. The molecule has 1 aliphatic carbocycles. The highest BCUT2D eigenvalue weighted by Gasteiger charge is 2.65. The lowest BCUT2D eigenvalue weighted by Gasteiger charge is -2.03. The molecule has 0 radical (unpaired) electrons. The molecule has 1 heterocycles. The van der Waals surface area contributed by atoms with E-state index in [1.807, 2.05) is 0 Å². The second-order valence-corrected chi connectivity index (χ2v) is 5.20. The van der Waals surface area contributed by atoms with Crippen LogP contribution in [0.3, 0.4) is 0 Å². The fourth-order valence-corrected chi connectivity index (χ4v) is 2.34. The number of carboxylic acids is 1. The highest BCUT2D eigenvalue weighted by atomic mass is 16.4. The molecule has 98 valence electrons. The van der Waals surface area contributed by atoms with E-state index < -0.39 is 23.2 Å². The van der Waals surface area contributed by atoms with Gasteiger partial charge in [-0.05, 0) is 12.3 Å².